The lowest BCUT2D eigenvalue weighted by atomic mass is 10.1. The van der Waals surface area contributed by atoms with Gasteiger partial charge in [-0.2, -0.15) is 0 Å². The van der Waals surface area contributed by atoms with E-state index in [1.165, 1.54) is 7.11 Å². The standard InChI is InChI=1S/C22H20BrNO4/c1-3-27-21-19(23)13-15(14-20(21)26-2)22(25)24-16-9-11-18(12-10-16)28-17-7-5-4-6-8-17/h4-14H,3H2,1-2H3,(H,24,25). The summed E-state index contributed by atoms with van der Waals surface area (Å²) >= 11 is 3.43. The number of halogens is 1. The first kappa shape index (κ1) is 19.8. The summed E-state index contributed by atoms with van der Waals surface area (Å²) in [5.74, 6) is 2.26. The highest BCUT2D eigenvalue weighted by Gasteiger charge is 2.15. The van der Waals surface area contributed by atoms with Crippen LogP contribution in [0.15, 0.2) is 71.2 Å². The summed E-state index contributed by atoms with van der Waals surface area (Å²) in [6, 6.07) is 20.1. The first-order valence-electron chi connectivity index (χ1n) is 8.75. The maximum atomic E-state index is 12.6. The van der Waals surface area contributed by atoms with Gasteiger partial charge in [0, 0.05) is 11.3 Å². The molecule has 0 aromatic heterocycles. The monoisotopic (exact) mass is 441 g/mol. The fourth-order valence-electron chi connectivity index (χ4n) is 2.57. The molecule has 6 heteroatoms. The van der Waals surface area contributed by atoms with Gasteiger partial charge in [0.2, 0.25) is 0 Å². The number of rotatable bonds is 7. The second-order valence-corrected chi connectivity index (χ2v) is 6.67. The van der Waals surface area contributed by atoms with Crippen molar-refractivity contribution in [2.75, 3.05) is 19.0 Å². The number of benzene rings is 3. The molecule has 0 saturated heterocycles. The number of carbonyl (C=O) groups excluding carboxylic acids is 1. The first-order chi connectivity index (χ1) is 13.6. The Kier molecular flexibility index (Phi) is 6.55. The largest absolute Gasteiger partial charge is 0.493 e. The summed E-state index contributed by atoms with van der Waals surface area (Å²) < 4.78 is 17.3. The molecule has 1 amide bonds. The van der Waals surface area contributed by atoms with Gasteiger partial charge in [0.05, 0.1) is 18.2 Å². The zero-order valence-electron chi connectivity index (χ0n) is 15.6. The molecule has 0 spiro atoms. The number of para-hydroxylation sites is 1. The molecule has 0 bridgehead atoms. The highest BCUT2D eigenvalue weighted by Crippen LogP contribution is 2.37. The highest BCUT2D eigenvalue weighted by molar-refractivity contribution is 9.10. The molecule has 0 unspecified atom stereocenters. The fraction of sp³-hybridized carbons (Fsp3) is 0.136. The van der Waals surface area contributed by atoms with Crippen LogP contribution in [-0.2, 0) is 0 Å². The van der Waals surface area contributed by atoms with Gasteiger partial charge in [0.25, 0.3) is 5.91 Å². The van der Waals surface area contributed by atoms with Crippen LogP contribution in [-0.4, -0.2) is 19.6 Å². The van der Waals surface area contributed by atoms with E-state index >= 15 is 0 Å². The normalized spacial score (nSPS) is 10.2. The molecule has 3 aromatic carbocycles. The lowest BCUT2D eigenvalue weighted by molar-refractivity contribution is 0.102. The first-order valence-corrected chi connectivity index (χ1v) is 9.54. The molecule has 0 heterocycles. The summed E-state index contributed by atoms with van der Waals surface area (Å²) in [6.07, 6.45) is 0. The molecule has 1 N–H and O–H groups in total. The maximum Gasteiger partial charge on any atom is 0.255 e. The summed E-state index contributed by atoms with van der Waals surface area (Å²) in [6.45, 7) is 2.38. The van der Waals surface area contributed by atoms with E-state index in [1.54, 1.807) is 36.4 Å². The molecule has 0 aliphatic rings. The lowest BCUT2D eigenvalue weighted by Crippen LogP contribution is -2.12. The van der Waals surface area contributed by atoms with Gasteiger partial charge in [-0.25, -0.2) is 0 Å². The summed E-state index contributed by atoms with van der Waals surface area (Å²) in [7, 11) is 1.54. The van der Waals surface area contributed by atoms with Gasteiger partial charge in [-0.05, 0) is 71.4 Å². The molecule has 0 aliphatic carbocycles. The van der Waals surface area contributed by atoms with Crippen LogP contribution in [0.4, 0.5) is 5.69 Å². The summed E-state index contributed by atoms with van der Waals surface area (Å²) in [4.78, 5) is 12.6. The van der Waals surface area contributed by atoms with Gasteiger partial charge < -0.3 is 19.5 Å². The third-order valence-corrected chi connectivity index (χ3v) is 4.46. The van der Waals surface area contributed by atoms with Crippen LogP contribution >= 0.6 is 15.9 Å². The molecule has 3 rings (SSSR count). The smallest absolute Gasteiger partial charge is 0.255 e. The lowest BCUT2D eigenvalue weighted by Gasteiger charge is -2.13. The number of anilines is 1. The molecule has 0 atom stereocenters. The molecular weight excluding hydrogens is 422 g/mol. The predicted octanol–water partition coefficient (Wildman–Crippen LogP) is 5.90. The van der Waals surface area contributed by atoms with Crippen LogP contribution in [0, 0.1) is 0 Å². The predicted molar refractivity (Wildman–Crippen MR) is 113 cm³/mol. The van der Waals surface area contributed by atoms with Crippen molar-refractivity contribution in [3.63, 3.8) is 0 Å². The van der Waals surface area contributed by atoms with E-state index in [9.17, 15) is 4.79 Å². The number of carbonyl (C=O) groups is 1. The Bertz CT molecular complexity index is 943. The molecule has 28 heavy (non-hydrogen) atoms. The fourth-order valence-corrected chi connectivity index (χ4v) is 3.13. The number of hydrogen-bond donors (Lipinski definition) is 1. The molecule has 5 nitrogen and oxygen atoms in total. The van der Waals surface area contributed by atoms with Crippen molar-refractivity contribution >= 4 is 27.5 Å². The molecule has 0 fully saturated rings. The minimum absolute atomic E-state index is 0.251. The van der Waals surface area contributed by atoms with Crippen LogP contribution in [0.25, 0.3) is 0 Å². The summed E-state index contributed by atoms with van der Waals surface area (Å²) in [5, 5.41) is 2.87. The average molecular weight is 442 g/mol. The van der Waals surface area contributed by atoms with Gasteiger partial charge in [-0.3, -0.25) is 4.79 Å². The van der Waals surface area contributed by atoms with Crippen molar-refractivity contribution in [3.8, 4) is 23.0 Å². The van der Waals surface area contributed by atoms with E-state index in [4.69, 9.17) is 14.2 Å². The Morgan fingerprint density at radius 2 is 1.68 bits per heavy atom. The topological polar surface area (TPSA) is 56.8 Å². The Hall–Kier alpha value is -2.99. The van der Waals surface area contributed by atoms with Gasteiger partial charge >= 0.3 is 0 Å². The van der Waals surface area contributed by atoms with Crippen molar-refractivity contribution in [2.24, 2.45) is 0 Å². The molecule has 144 valence electrons. The van der Waals surface area contributed by atoms with E-state index in [2.05, 4.69) is 21.2 Å². The second kappa shape index (κ2) is 9.28. The third-order valence-electron chi connectivity index (χ3n) is 3.87. The van der Waals surface area contributed by atoms with Crippen LogP contribution in [0.1, 0.15) is 17.3 Å². The van der Waals surface area contributed by atoms with Gasteiger partial charge in [0.15, 0.2) is 11.5 Å². The Balaban J connectivity index is 1.71. The van der Waals surface area contributed by atoms with E-state index in [1.807, 2.05) is 37.3 Å². The number of nitrogens with one attached hydrogen (secondary N) is 1. The van der Waals surface area contributed by atoms with E-state index in [0.717, 1.165) is 5.75 Å². The minimum Gasteiger partial charge on any atom is -0.493 e. The molecule has 0 radical (unpaired) electrons. The van der Waals surface area contributed by atoms with E-state index in [-0.39, 0.29) is 5.91 Å². The van der Waals surface area contributed by atoms with Gasteiger partial charge in [-0.15, -0.1) is 0 Å². The quantitative estimate of drug-likeness (QED) is 0.495. The van der Waals surface area contributed by atoms with Crippen LogP contribution < -0.4 is 19.5 Å². The highest BCUT2D eigenvalue weighted by atomic mass is 79.9. The van der Waals surface area contributed by atoms with Gasteiger partial charge in [-0.1, -0.05) is 18.2 Å². The summed E-state index contributed by atoms with van der Waals surface area (Å²) in [5.41, 5.74) is 1.12. The zero-order valence-corrected chi connectivity index (χ0v) is 17.2. The molecular formula is C22H20BrNO4. The second-order valence-electron chi connectivity index (χ2n) is 5.82. The average Bonchev–Trinajstić information content (AvgIpc) is 2.71. The number of ether oxygens (including phenoxy) is 3. The molecule has 0 aliphatic heterocycles. The van der Waals surface area contributed by atoms with Crippen molar-refractivity contribution < 1.29 is 19.0 Å². The Morgan fingerprint density at radius 1 is 1.00 bits per heavy atom. The SMILES string of the molecule is CCOc1c(Br)cc(C(=O)Nc2ccc(Oc3ccccc3)cc2)cc1OC. The van der Waals surface area contributed by atoms with Crippen molar-refractivity contribution in [1.82, 2.24) is 0 Å². The van der Waals surface area contributed by atoms with E-state index in [0.29, 0.717) is 39.6 Å². The van der Waals surface area contributed by atoms with Crippen molar-refractivity contribution in [3.05, 3.63) is 76.8 Å². The zero-order chi connectivity index (χ0) is 19.9. The minimum atomic E-state index is -0.251. The molecule has 0 saturated carbocycles. The van der Waals surface area contributed by atoms with Crippen LogP contribution in [0.5, 0.6) is 23.0 Å². The van der Waals surface area contributed by atoms with Crippen molar-refractivity contribution in [2.45, 2.75) is 6.92 Å². The number of hydrogen-bond acceptors (Lipinski definition) is 4. The molecule has 3 aromatic rings. The maximum absolute atomic E-state index is 12.6. The Morgan fingerprint density at radius 3 is 2.32 bits per heavy atom. The van der Waals surface area contributed by atoms with Crippen LogP contribution in [0.2, 0.25) is 0 Å². The number of amides is 1. The third kappa shape index (κ3) is 4.84. The van der Waals surface area contributed by atoms with E-state index < -0.39 is 0 Å². The van der Waals surface area contributed by atoms with Crippen molar-refractivity contribution in [1.29, 1.82) is 0 Å². The van der Waals surface area contributed by atoms with Gasteiger partial charge in [0.1, 0.15) is 11.5 Å². The van der Waals surface area contributed by atoms with Crippen LogP contribution in [0.3, 0.4) is 0 Å². The Labute approximate surface area is 172 Å². The number of methoxy groups -OCH3 is 1.